The van der Waals surface area contributed by atoms with Gasteiger partial charge in [-0.1, -0.05) is 7.43 Å². The van der Waals surface area contributed by atoms with Gasteiger partial charge in [-0.3, -0.25) is 4.84 Å². The Kier molecular flexibility index (Phi) is 61.3. The third-order valence-electron chi connectivity index (χ3n) is 0.387. The number of nitrogens with zero attached hydrogens (tertiary/aromatic N) is 2. The zero-order valence-corrected chi connectivity index (χ0v) is 12.6. The van der Waals surface area contributed by atoms with Gasteiger partial charge in [0, 0.05) is 60.9 Å². The van der Waals surface area contributed by atoms with Gasteiger partial charge in [0.2, 0.25) is 0 Å². The Balaban J connectivity index is -0.0000000302. The quantitative estimate of drug-likeness (QED) is 0.621. The van der Waals surface area contributed by atoms with Crippen LogP contribution in [0.5, 0.6) is 0 Å². The number of hydrogen-bond acceptors (Lipinski definition) is 4. The molecule has 0 rings (SSSR count). The molecule has 0 heterocycles. The maximum atomic E-state index is 7.89. The molecule has 1 radical (unpaired) electrons. The summed E-state index contributed by atoms with van der Waals surface area (Å²) < 4.78 is 0. The van der Waals surface area contributed by atoms with E-state index in [0.717, 1.165) is 11.7 Å². The van der Waals surface area contributed by atoms with Crippen molar-refractivity contribution in [3.8, 4) is 0 Å². The predicted octanol–water partition coefficient (Wildman–Crippen LogP) is 1.91. The molecule has 0 unspecified atom stereocenters. The van der Waals surface area contributed by atoms with E-state index in [4.69, 9.17) is 10.0 Å². The van der Waals surface area contributed by atoms with Gasteiger partial charge in [-0.2, -0.15) is 17.1 Å². The Morgan fingerprint density at radius 3 is 1.36 bits per heavy atom. The maximum Gasteiger partial charge on any atom is 0.0656 e. The second-order valence-electron chi connectivity index (χ2n) is 2.08. The summed E-state index contributed by atoms with van der Waals surface area (Å²) in [5.41, 5.74) is 0. The molecule has 1 N–H and O–H groups in total. The Hall–Kier alpha value is 0.944. The van der Waals surface area contributed by atoms with Crippen LogP contribution >= 0.6 is 0 Å². The topological polar surface area (TPSA) is 35.9 Å². The smallest absolute Gasteiger partial charge is 0.0656 e. The zero-order valence-electron chi connectivity index (χ0n) is 9.74. The SMILES string of the molecule is C.CCON(C)C.CN(C)O.[CH2-]C.[Y]. The van der Waals surface area contributed by atoms with Gasteiger partial charge in [-0.15, -0.1) is 0 Å². The summed E-state index contributed by atoms with van der Waals surface area (Å²) in [5, 5.41) is 10.6. The van der Waals surface area contributed by atoms with Gasteiger partial charge in [-0.05, 0) is 6.92 Å². The van der Waals surface area contributed by atoms with Crippen LogP contribution in [0.4, 0.5) is 0 Å². The van der Waals surface area contributed by atoms with E-state index in [0.29, 0.717) is 0 Å². The molecule has 0 saturated carbocycles. The molecule has 5 heteroatoms. The van der Waals surface area contributed by atoms with Crippen LogP contribution in [-0.4, -0.2) is 50.1 Å². The van der Waals surface area contributed by atoms with Crippen molar-refractivity contribution in [2.45, 2.75) is 21.3 Å². The van der Waals surface area contributed by atoms with Crippen molar-refractivity contribution in [1.29, 1.82) is 0 Å². The first-order valence-corrected chi connectivity index (χ1v) is 3.87. The fraction of sp³-hybridized carbons (Fsp3) is 0.889. The van der Waals surface area contributed by atoms with E-state index < -0.39 is 0 Å². The molecule has 4 nitrogen and oxygen atoms in total. The van der Waals surface area contributed by atoms with Crippen molar-refractivity contribution in [3.05, 3.63) is 6.92 Å². The van der Waals surface area contributed by atoms with E-state index in [9.17, 15) is 0 Å². The molecular weight excluding hydrogens is 257 g/mol. The summed E-state index contributed by atoms with van der Waals surface area (Å²) in [4.78, 5) is 4.88. The molecule has 0 fully saturated rings. The van der Waals surface area contributed by atoms with Crippen molar-refractivity contribution in [3.63, 3.8) is 0 Å². The molecule has 0 aromatic heterocycles. The van der Waals surface area contributed by atoms with Crippen molar-refractivity contribution in [2.24, 2.45) is 0 Å². The van der Waals surface area contributed by atoms with Gasteiger partial charge in [-0.25, -0.2) is 0 Å². The van der Waals surface area contributed by atoms with Gasteiger partial charge in [0.25, 0.3) is 0 Å². The number of hydroxylamine groups is 4. The molecule has 0 aliphatic carbocycles. The molecule has 0 spiro atoms. The van der Waals surface area contributed by atoms with Crippen LogP contribution in [0, 0.1) is 6.92 Å². The monoisotopic (exact) mass is 284 g/mol. The molecule has 14 heavy (non-hydrogen) atoms. The molecule has 0 amide bonds. The Bertz CT molecular complexity index is 62.0. The average molecular weight is 284 g/mol. The van der Waals surface area contributed by atoms with E-state index in [1.165, 1.54) is 0 Å². The fourth-order valence-electron chi connectivity index (χ4n) is 0.258. The van der Waals surface area contributed by atoms with E-state index >= 15 is 0 Å². The van der Waals surface area contributed by atoms with Crippen LogP contribution < -0.4 is 0 Å². The normalized spacial score (nSPS) is 7.29. The first-order chi connectivity index (χ1) is 5.50. The molecule has 0 aliphatic heterocycles. The largest absolute Gasteiger partial charge is 0.346 e. The molecule has 0 saturated heterocycles. The van der Waals surface area contributed by atoms with Crippen LogP contribution in [0.2, 0.25) is 0 Å². The first-order valence-electron chi connectivity index (χ1n) is 3.87. The zero-order chi connectivity index (χ0) is 10.6. The standard InChI is InChI=1S/C4H11NO.C2H7NO.C2H5.CH4.Y/c1-4-6-5(2)3;1-3(2)4;1-2;;/h4H2,1-3H3;4H,1-2H3;1H2,2H3;1H4;/q;;-1;;. The second kappa shape index (κ2) is 29.2. The van der Waals surface area contributed by atoms with Crippen LogP contribution in [0.15, 0.2) is 0 Å². The Labute approximate surface area is 115 Å². The molecular formula is C9H27N2O2Y-. The minimum Gasteiger partial charge on any atom is -0.346 e. The summed E-state index contributed by atoms with van der Waals surface area (Å²) in [7, 11) is 6.84. The van der Waals surface area contributed by atoms with Gasteiger partial charge >= 0.3 is 0 Å². The van der Waals surface area contributed by atoms with Crippen LogP contribution in [-0.2, 0) is 37.5 Å². The van der Waals surface area contributed by atoms with Gasteiger partial charge in [0.05, 0.1) is 6.61 Å². The van der Waals surface area contributed by atoms with Gasteiger partial charge in [0.15, 0.2) is 0 Å². The van der Waals surface area contributed by atoms with Crippen LogP contribution in [0.25, 0.3) is 0 Å². The number of hydrogen-bond donors (Lipinski definition) is 1. The molecule has 0 aliphatic rings. The minimum atomic E-state index is 0. The molecule has 89 valence electrons. The van der Waals surface area contributed by atoms with Crippen molar-refractivity contribution in [2.75, 3.05) is 34.8 Å². The third kappa shape index (κ3) is 119. The van der Waals surface area contributed by atoms with Gasteiger partial charge < -0.3 is 12.1 Å². The van der Waals surface area contributed by atoms with E-state index in [1.54, 1.807) is 26.1 Å². The molecule has 0 bridgehead atoms. The minimum absolute atomic E-state index is 0. The predicted molar refractivity (Wildman–Crippen MR) is 58.5 cm³/mol. The summed E-state index contributed by atoms with van der Waals surface area (Å²) in [6, 6.07) is 0. The second-order valence-corrected chi connectivity index (χ2v) is 2.08. The molecule has 0 aromatic carbocycles. The van der Waals surface area contributed by atoms with Crippen molar-refractivity contribution in [1.82, 2.24) is 10.1 Å². The third-order valence-corrected chi connectivity index (χ3v) is 0.387. The van der Waals surface area contributed by atoms with E-state index in [1.807, 2.05) is 21.0 Å². The van der Waals surface area contributed by atoms with E-state index in [-0.39, 0.29) is 40.1 Å². The van der Waals surface area contributed by atoms with E-state index in [2.05, 4.69) is 6.92 Å². The Morgan fingerprint density at radius 2 is 1.36 bits per heavy atom. The summed E-state index contributed by atoms with van der Waals surface area (Å²) in [6.45, 7) is 7.72. The summed E-state index contributed by atoms with van der Waals surface area (Å²) >= 11 is 0. The van der Waals surface area contributed by atoms with Gasteiger partial charge in [0.1, 0.15) is 0 Å². The van der Waals surface area contributed by atoms with Crippen LogP contribution in [0.3, 0.4) is 0 Å². The Morgan fingerprint density at radius 1 is 1.14 bits per heavy atom. The molecule has 0 aromatic rings. The summed E-state index contributed by atoms with van der Waals surface area (Å²) in [5.74, 6) is 0. The van der Waals surface area contributed by atoms with Crippen LogP contribution in [0.1, 0.15) is 21.3 Å². The van der Waals surface area contributed by atoms with Crippen molar-refractivity contribution >= 4 is 0 Å². The number of rotatable bonds is 2. The first kappa shape index (κ1) is 29.4. The van der Waals surface area contributed by atoms with Crippen molar-refractivity contribution < 1.29 is 42.8 Å². The fourth-order valence-corrected chi connectivity index (χ4v) is 0.258. The summed E-state index contributed by atoms with van der Waals surface area (Å²) in [6.07, 6.45) is 0. The molecule has 0 atom stereocenters. The maximum absolute atomic E-state index is 7.89. The average Bonchev–Trinajstić information content (AvgIpc) is 1.90.